The fourth-order valence-corrected chi connectivity index (χ4v) is 5.89. The number of rotatable bonds is 4. The van der Waals surface area contributed by atoms with Crippen molar-refractivity contribution < 1.29 is 8.60 Å². The highest BCUT2D eigenvalue weighted by Crippen LogP contribution is 2.34. The summed E-state index contributed by atoms with van der Waals surface area (Å²) in [6.07, 6.45) is 2.28. The zero-order chi connectivity index (χ0) is 22.5. The minimum atomic E-state index is -3.01. The third kappa shape index (κ3) is 3.51. The van der Waals surface area contributed by atoms with E-state index in [2.05, 4.69) is 31.4 Å². The number of halogens is 2. The molecule has 5 rings (SSSR count). The van der Waals surface area contributed by atoms with E-state index < -0.39 is 15.5 Å². The van der Waals surface area contributed by atoms with Crippen molar-refractivity contribution in [3.8, 4) is 0 Å². The van der Waals surface area contributed by atoms with Crippen LogP contribution in [0.1, 0.15) is 5.56 Å². The van der Waals surface area contributed by atoms with Gasteiger partial charge in [0, 0.05) is 0 Å². The molecule has 0 saturated carbocycles. The normalized spacial score (nSPS) is 17.7. The molecule has 3 heterocycles. The Morgan fingerprint density at radius 1 is 1.28 bits per heavy atom. The number of para-hydroxylation sites is 1. The Bertz CT molecular complexity index is 1440. The van der Waals surface area contributed by atoms with Crippen LogP contribution in [0, 0.1) is 5.82 Å². The summed E-state index contributed by atoms with van der Waals surface area (Å²) in [5, 5.41) is 10.8. The van der Waals surface area contributed by atoms with Gasteiger partial charge in [0.2, 0.25) is 5.95 Å². The molecule has 0 aliphatic carbocycles. The van der Waals surface area contributed by atoms with E-state index in [9.17, 15) is 8.60 Å². The molecule has 0 bridgehead atoms. The van der Waals surface area contributed by atoms with E-state index in [1.807, 2.05) is 24.3 Å². The summed E-state index contributed by atoms with van der Waals surface area (Å²) in [5.41, 5.74) is 8.17. The van der Waals surface area contributed by atoms with Crippen LogP contribution in [-0.2, 0) is 16.1 Å². The minimum absolute atomic E-state index is 0.0994. The number of nitrogens with two attached hydrogens (primary N) is 1. The van der Waals surface area contributed by atoms with E-state index in [0.717, 1.165) is 11.3 Å². The van der Waals surface area contributed by atoms with Gasteiger partial charge in [-0.2, -0.15) is 15.1 Å². The Balaban J connectivity index is 1.54. The lowest BCUT2D eigenvalue weighted by Crippen LogP contribution is -2.45. The summed E-state index contributed by atoms with van der Waals surface area (Å²) in [6.45, 7) is 0.359. The van der Waals surface area contributed by atoms with Gasteiger partial charge in [0.25, 0.3) is 0 Å². The first-order valence-electron chi connectivity index (χ1n) is 9.74. The maximum absolute atomic E-state index is 13.9. The molecular weight excluding hydrogens is 453 g/mol. The standard InChI is InChI=1S/C21H19ClFN7OS/c1-32(31,14-6-7-17(23)16(22)9-14)30-11-13(8-12-4-2-3-5-18(12)30)26-19-15-10-25-29-20(15)28-21(24)27-19/h2-7,9-10,13H,1,8,11H2,(H4,24,25,26,27,28,29). The number of benzene rings is 2. The molecule has 0 amide bonds. The van der Waals surface area contributed by atoms with Gasteiger partial charge in [0.1, 0.15) is 11.6 Å². The smallest absolute Gasteiger partial charge is 0.224 e. The van der Waals surface area contributed by atoms with Crippen molar-refractivity contribution in [2.45, 2.75) is 17.4 Å². The lowest BCUT2D eigenvalue weighted by molar-refractivity contribution is 0.626. The van der Waals surface area contributed by atoms with Crippen LogP contribution >= 0.6 is 11.6 Å². The van der Waals surface area contributed by atoms with Crippen LogP contribution < -0.4 is 15.4 Å². The monoisotopic (exact) mass is 471 g/mol. The van der Waals surface area contributed by atoms with Crippen LogP contribution in [0.25, 0.3) is 11.0 Å². The Kier molecular flexibility index (Phi) is 4.90. The van der Waals surface area contributed by atoms with Crippen LogP contribution in [0.15, 0.2) is 53.6 Å². The van der Waals surface area contributed by atoms with Crippen molar-refractivity contribution >= 4 is 55.7 Å². The highest BCUT2D eigenvalue weighted by molar-refractivity contribution is 8.01. The van der Waals surface area contributed by atoms with E-state index in [-0.39, 0.29) is 17.0 Å². The van der Waals surface area contributed by atoms with E-state index in [0.29, 0.717) is 34.7 Å². The van der Waals surface area contributed by atoms with E-state index in [1.165, 1.54) is 18.2 Å². The predicted octanol–water partition coefficient (Wildman–Crippen LogP) is 3.26. The number of H-pyrrole nitrogens is 1. The molecule has 2 aromatic carbocycles. The van der Waals surface area contributed by atoms with Gasteiger partial charge < -0.3 is 11.1 Å². The summed E-state index contributed by atoms with van der Waals surface area (Å²) in [4.78, 5) is 8.80. The van der Waals surface area contributed by atoms with Crippen molar-refractivity contribution in [2.24, 2.45) is 0 Å². The predicted molar refractivity (Wildman–Crippen MR) is 126 cm³/mol. The number of fused-ring (bicyclic) bond motifs is 2. The third-order valence-electron chi connectivity index (χ3n) is 5.40. The third-order valence-corrected chi connectivity index (χ3v) is 7.73. The second kappa shape index (κ2) is 7.64. The van der Waals surface area contributed by atoms with Gasteiger partial charge in [-0.15, -0.1) is 0 Å². The van der Waals surface area contributed by atoms with E-state index in [1.54, 1.807) is 10.5 Å². The van der Waals surface area contributed by atoms with Crippen molar-refractivity contribution in [2.75, 3.05) is 21.9 Å². The Labute approximate surface area is 188 Å². The molecule has 164 valence electrons. The number of hydrogen-bond acceptors (Lipinski definition) is 6. The van der Waals surface area contributed by atoms with Crippen LogP contribution in [0.4, 0.5) is 21.8 Å². The molecule has 2 atom stereocenters. The largest absolute Gasteiger partial charge is 0.368 e. The maximum atomic E-state index is 13.9. The number of aromatic nitrogens is 4. The van der Waals surface area contributed by atoms with Gasteiger partial charge in [0.05, 0.1) is 49.5 Å². The summed E-state index contributed by atoms with van der Waals surface area (Å²) >= 11 is 5.96. The molecule has 1 aliphatic heterocycles. The summed E-state index contributed by atoms with van der Waals surface area (Å²) in [6, 6.07) is 11.5. The molecule has 2 unspecified atom stereocenters. The first-order chi connectivity index (χ1) is 15.3. The second-order valence-electron chi connectivity index (χ2n) is 7.51. The van der Waals surface area contributed by atoms with Gasteiger partial charge in [0.15, 0.2) is 5.65 Å². The molecule has 0 fully saturated rings. The van der Waals surface area contributed by atoms with Gasteiger partial charge in [-0.3, -0.25) is 9.40 Å². The van der Waals surface area contributed by atoms with Crippen molar-refractivity contribution in [1.82, 2.24) is 20.2 Å². The molecule has 1 aliphatic rings. The molecule has 0 saturated heterocycles. The van der Waals surface area contributed by atoms with E-state index >= 15 is 0 Å². The van der Waals surface area contributed by atoms with Crippen LogP contribution in [0.2, 0.25) is 5.02 Å². The van der Waals surface area contributed by atoms with Gasteiger partial charge in [-0.05, 0) is 42.1 Å². The highest BCUT2D eigenvalue weighted by atomic mass is 35.5. The topological polar surface area (TPSA) is 113 Å². The van der Waals surface area contributed by atoms with Crippen molar-refractivity contribution in [1.29, 1.82) is 0 Å². The molecule has 11 heteroatoms. The number of hydrogen-bond donors (Lipinski definition) is 3. The first kappa shape index (κ1) is 20.5. The molecular formula is C21H19ClFN7OS. The van der Waals surface area contributed by atoms with E-state index in [4.69, 9.17) is 17.3 Å². The lowest BCUT2D eigenvalue weighted by Gasteiger charge is -2.38. The summed E-state index contributed by atoms with van der Waals surface area (Å²) in [7, 11) is -3.01. The molecule has 4 N–H and O–H groups in total. The number of aromatic amines is 1. The highest BCUT2D eigenvalue weighted by Gasteiger charge is 2.31. The molecule has 4 aromatic rings. The Hall–Kier alpha value is -3.37. The molecule has 0 spiro atoms. The molecule has 0 radical (unpaired) electrons. The number of nitrogens with one attached hydrogen (secondary N) is 2. The molecule has 2 aromatic heterocycles. The summed E-state index contributed by atoms with van der Waals surface area (Å²) < 4.78 is 29.4. The van der Waals surface area contributed by atoms with Gasteiger partial charge >= 0.3 is 0 Å². The van der Waals surface area contributed by atoms with Crippen molar-refractivity contribution in [3.63, 3.8) is 0 Å². The number of nitrogen functional groups attached to an aromatic ring is 1. The SMILES string of the molecule is C=S(=O)(c1ccc(F)c(Cl)c1)N1CC(Nc2nc(N)nc3[nH]ncc23)Cc2ccccc21. The lowest BCUT2D eigenvalue weighted by atomic mass is 9.99. The average Bonchev–Trinajstić information content (AvgIpc) is 3.23. The number of anilines is 3. The quantitative estimate of drug-likeness (QED) is 0.394. The zero-order valence-electron chi connectivity index (χ0n) is 16.8. The Morgan fingerprint density at radius 3 is 2.91 bits per heavy atom. The average molecular weight is 472 g/mol. The molecule has 8 nitrogen and oxygen atoms in total. The van der Waals surface area contributed by atoms with Gasteiger partial charge in [-0.25, -0.2) is 8.60 Å². The van der Waals surface area contributed by atoms with Crippen molar-refractivity contribution in [3.05, 3.63) is 65.1 Å². The zero-order valence-corrected chi connectivity index (χ0v) is 18.3. The van der Waals surface area contributed by atoms with Crippen LogP contribution in [-0.4, -0.2) is 42.8 Å². The Morgan fingerprint density at radius 2 is 2.09 bits per heavy atom. The number of nitrogens with zero attached hydrogens (tertiary/aromatic N) is 4. The first-order valence-corrected chi connectivity index (χ1v) is 11.8. The van der Waals surface area contributed by atoms with Crippen LogP contribution in [0.5, 0.6) is 0 Å². The summed E-state index contributed by atoms with van der Waals surface area (Å²) in [5.74, 6) is 4.08. The molecule has 32 heavy (non-hydrogen) atoms. The maximum Gasteiger partial charge on any atom is 0.224 e. The minimum Gasteiger partial charge on any atom is -0.368 e. The van der Waals surface area contributed by atoms with Gasteiger partial charge in [-0.1, -0.05) is 29.8 Å². The fourth-order valence-electron chi connectivity index (χ4n) is 3.89. The van der Waals surface area contributed by atoms with Crippen LogP contribution in [0.3, 0.4) is 0 Å². The second-order valence-corrected chi connectivity index (χ2v) is 10.1. The fraction of sp³-hybridized carbons (Fsp3) is 0.143.